The smallest absolute Gasteiger partial charge is 0.192 e. The molecule has 0 atom stereocenters. The van der Waals surface area contributed by atoms with Crippen LogP contribution in [0.25, 0.3) is 27.8 Å². The molecule has 1 aliphatic rings. The maximum absolute atomic E-state index is 12.8. The summed E-state index contributed by atoms with van der Waals surface area (Å²) >= 11 is 0. The van der Waals surface area contributed by atoms with Crippen LogP contribution in [0.3, 0.4) is 0 Å². The summed E-state index contributed by atoms with van der Waals surface area (Å²) < 4.78 is 36.8. The molecule has 0 spiro atoms. The predicted octanol–water partition coefficient (Wildman–Crippen LogP) is 5.47. The zero-order valence-corrected chi connectivity index (χ0v) is 23.9. The summed E-state index contributed by atoms with van der Waals surface area (Å²) in [5.41, 5.74) is 3.44. The predicted molar refractivity (Wildman–Crippen MR) is 160 cm³/mol. The molecule has 43 heavy (non-hydrogen) atoms. The Morgan fingerprint density at radius 3 is 2.42 bits per heavy atom. The van der Waals surface area contributed by atoms with Crippen LogP contribution in [0, 0.1) is 0 Å². The Balaban J connectivity index is 1.07. The van der Waals surface area contributed by atoms with Gasteiger partial charge in [-0.3, -0.25) is 9.78 Å². The molecule has 0 saturated heterocycles. The van der Waals surface area contributed by atoms with Gasteiger partial charge in [0.05, 0.1) is 11.2 Å². The van der Waals surface area contributed by atoms with E-state index in [1.54, 1.807) is 53.2 Å². The van der Waals surface area contributed by atoms with E-state index < -0.39 is 14.6 Å². The van der Waals surface area contributed by atoms with E-state index in [2.05, 4.69) is 15.2 Å². The van der Waals surface area contributed by atoms with Crippen molar-refractivity contribution >= 4 is 32.2 Å². The standard InChI is InChI=1S/C32H25N5O5S/c1-43(39,40)32(16-17-32)31(38)22-7-9-23(10-8-22)42-24-11-12-25-27(19-24)33-18-15-28(25)41-20-30-35-34-29-14-13-26(36-37(29)30)21-5-3-2-4-6-21/h2-15,18-19H,16-17,20H2,1H3. The van der Waals surface area contributed by atoms with Crippen molar-refractivity contribution in [3.05, 3.63) is 109 Å². The van der Waals surface area contributed by atoms with Crippen LogP contribution < -0.4 is 9.47 Å². The van der Waals surface area contributed by atoms with Crippen LogP contribution in [-0.4, -0.2) is 50.0 Å². The first kappa shape index (κ1) is 26.7. The van der Waals surface area contributed by atoms with Crippen LogP contribution in [0.2, 0.25) is 0 Å². The van der Waals surface area contributed by atoms with Gasteiger partial charge in [-0.2, -0.15) is 9.61 Å². The maximum Gasteiger partial charge on any atom is 0.192 e. The van der Waals surface area contributed by atoms with Gasteiger partial charge in [0.25, 0.3) is 0 Å². The number of hydrogen-bond acceptors (Lipinski definition) is 9. The van der Waals surface area contributed by atoms with Gasteiger partial charge in [0.2, 0.25) is 0 Å². The molecular formula is C32H25N5O5S. The minimum absolute atomic E-state index is 0.148. The number of ketones is 1. The lowest BCUT2D eigenvalue weighted by Gasteiger charge is -2.13. The number of ether oxygens (including phenoxy) is 2. The Morgan fingerprint density at radius 1 is 0.907 bits per heavy atom. The highest BCUT2D eigenvalue weighted by molar-refractivity contribution is 7.93. The Morgan fingerprint density at radius 2 is 1.67 bits per heavy atom. The minimum atomic E-state index is -3.47. The number of hydrogen-bond donors (Lipinski definition) is 0. The van der Waals surface area contributed by atoms with Crippen molar-refractivity contribution in [1.29, 1.82) is 0 Å². The van der Waals surface area contributed by atoms with E-state index >= 15 is 0 Å². The normalized spacial score (nSPS) is 14.1. The summed E-state index contributed by atoms with van der Waals surface area (Å²) in [4.78, 5) is 17.3. The van der Waals surface area contributed by atoms with Crippen LogP contribution in [0.5, 0.6) is 17.2 Å². The van der Waals surface area contributed by atoms with E-state index in [4.69, 9.17) is 14.6 Å². The highest BCUT2D eigenvalue weighted by Gasteiger charge is 2.58. The van der Waals surface area contributed by atoms with Gasteiger partial charge in [-0.25, -0.2) is 8.42 Å². The minimum Gasteiger partial charge on any atom is -0.485 e. The molecule has 1 saturated carbocycles. The Bertz CT molecular complexity index is 2110. The van der Waals surface area contributed by atoms with E-state index in [9.17, 15) is 13.2 Å². The number of fused-ring (bicyclic) bond motifs is 2. The lowest BCUT2D eigenvalue weighted by Crippen LogP contribution is -2.31. The molecule has 1 aliphatic carbocycles. The number of aromatic nitrogens is 5. The van der Waals surface area contributed by atoms with Crippen LogP contribution in [0.1, 0.15) is 29.0 Å². The molecule has 3 aromatic carbocycles. The first-order valence-corrected chi connectivity index (χ1v) is 15.5. The fourth-order valence-corrected chi connectivity index (χ4v) is 6.37. The number of carbonyl (C=O) groups is 1. The van der Waals surface area contributed by atoms with Crippen molar-refractivity contribution in [1.82, 2.24) is 24.8 Å². The molecule has 0 amide bonds. The molecule has 7 rings (SSSR count). The molecule has 1 fully saturated rings. The third-order valence-electron chi connectivity index (χ3n) is 7.61. The Labute approximate surface area is 246 Å². The molecule has 0 radical (unpaired) electrons. The zero-order valence-electron chi connectivity index (χ0n) is 23.0. The van der Waals surface area contributed by atoms with Crippen LogP contribution >= 0.6 is 0 Å². The van der Waals surface area contributed by atoms with E-state index in [1.807, 2.05) is 48.5 Å². The first-order chi connectivity index (χ1) is 20.8. The molecule has 6 aromatic rings. The van der Waals surface area contributed by atoms with Crippen LogP contribution in [0.15, 0.2) is 97.2 Å². The quantitative estimate of drug-likeness (QED) is 0.201. The monoisotopic (exact) mass is 591 g/mol. The SMILES string of the molecule is CS(=O)(=O)C1(C(=O)c2ccc(Oc3ccc4c(OCc5nnc6ccc(-c7ccccc7)nn56)ccnc4c3)cc2)CC1. The zero-order chi connectivity index (χ0) is 29.6. The molecule has 214 valence electrons. The molecular weight excluding hydrogens is 566 g/mol. The highest BCUT2D eigenvalue weighted by atomic mass is 32.2. The lowest BCUT2D eigenvalue weighted by atomic mass is 10.1. The van der Waals surface area contributed by atoms with E-state index in [1.165, 1.54) is 0 Å². The van der Waals surface area contributed by atoms with E-state index in [0.717, 1.165) is 22.9 Å². The number of nitrogens with zero attached hydrogens (tertiary/aromatic N) is 5. The second-order valence-electron chi connectivity index (χ2n) is 10.5. The van der Waals surface area contributed by atoms with Crippen LogP contribution in [-0.2, 0) is 16.4 Å². The molecule has 3 heterocycles. The third-order valence-corrected chi connectivity index (χ3v) is 9.62. The van der Waals surface area contributed by atoms with Gasteiger partial charge in [-0.05, 0) is 67.4 Å². The van der Waals surface area contributed by atoms with Crippen molar-refractivity contribution in [2.75, 3.05) is 6.26 Å². The molecule has 0 N–H and O–H groups in total. The molecule has 11 heteroatoms. The lowest BCUT2D eigenvalue weighted by molar-refractivity contribution is 0.0978. The van der Waals surface area contributed by atoms with Gasteiger partial charge < -0.3 is 9.47 Å². The number of Topliss-reactive ketones (excluding diaryl/α,β-unsaturated/α-hetero) is 1. The van der Waals surface area contributed by atoms with Crippen LogP contribution in [0.4, 0.5) is 0 Å². The van der Waals surface area contributed by atoms with Gasteiger partial charge >= 0.3 is 0 Å². The molecule has 3 aromatic heterocycles. The number of pyridine rings is 1. The van der Waals surface area contributed by atoms with Crippen molar-refractivity contribution in [3.8, 4) is 28.5 Å². The van der Waals surface area contributed by atoms with Gasteiger partial charge in [0.15, 0.2) is 27.1 Å². The largest absolute Gasteiger partial charge is 0.485 e. The van der Waals surface area contributed by atoms with Gasteiger partial charge in [-0.15, -0.1) is 10.2 Å². The summed E-state index contributed by atoms with van der Waals surface area (Å²) in [7, 11) is -3.47. The van der Waals surface area contributed by atoms with E-state index in [0.29, 0.717) is 52.6 Å². The Kier molecular flexibility index (Phi) is 6.39. The van der Waals surface area contributed by atoms with Gasteiger partial charge in [0.1, 0.15) is 28.6 Å². The molecule has 0 unspecified atom stereocenters. The number of sulfone groups is 1. The average molecular weight is 592 g/mol. The molecule has 10 nitrogen and oxygen atoms in total. The Hall–Kier alpha value is -5.16. The van der Waals surface area contributed by atoms with Gasteiger partial charge in [0, 0.05) is 35.0 Å². The summed E-state index contributed by atoms with van der Waals surface area (Å²) in [5, 5.41) is 14.0. The average Bonchev–Trinajstić information content (AvgIpc) is 3.76. The van der Waals surface area contributed by atoms with Crippen molar-refractivity contribution in [2.24, 2.45) is 0 Å². The van der Waals surface area contributed by atoms with Crippen molar-refractivity contribution in [3.63, 3.8) is 0 Å². The molecule has 0 aliphatic heterocycles. The summed E-state index contributed by atoms with van der Waals surface area (Å²) in [6.07, 6.45) is 3.50. The topological polar surface area (TPSA) is 126 Å². The number of rotatable bonds is 9. The van der Waals surface area contributed by atoms with Crippen molar-refractivity contribution in [2.45, 2.75) is 24.2 Å². The fraction of sp³-hybridized carbons (Fsp3) is 0.156. The maximum atomic E-state index is 12.8. The van der Waals surface area contributed by atoms with Crippen molar-refractivity contribution < 1.29 is 22.7 Å². The van der Waals surface area contributed by atoms with E-state index in [-0.39, 0.29) is 12.4 Å². The van der Waals surface area contributed by atoms with Gasteiger partial charge in [-0.1, -0.05) is 30.3 Å². The third kappa shape index (κ3) is 4.97. The number of carbonyl (C=O) groups excluding carboxylic acids is 1. The second kappa shape index (κ2) is 10.3. The molecule has 0 bridgehead atoms. The summed E-state index contributed by atoms with van der Waals surface area (Å²) in [6, 6.07) is 27.4. The fourth-order valence-electron chi connectivity index (χ4n) is 5.07. The highest BCUT2D eigenvalue weighted by Crippen LogP contribution is 2.45. The first-order valence-electron chi connectivity index (χ1n) is 13.6. The second-order valence-corrected chi connectivity index (χ2v) is 12.8. The summed E-state index contributed by atoms with van der Waals surface area (Å²) in [5.74, 6) is 1.87. The summed E-state index contributed by atoms with van der Waals surface area (Å²) in [6.45, 7) is 0.148. The number of benzene rings is 3.